The van der Waals surface area contributed by atoms with Gasteiger partial charge in [0.1, 0.15) is 17.4 Å². The number of pyridine rings is 2. The van der Waals surface area contributed by atoms with Crippen LogP contribution in [-0.4, -0.2) is 22.0 Å². The molecule has 0 bridgehead atoms. The summed E-state index contributed by atoms with van der Waals surface area (Å²) in [6.45, 7) is 1.66. The first-order valence-corrected chi connectivity index (χ1v) is 9.62. The second-order valence-corrected chi connectivity index (χ2v) is 7.03. The van der Waals surface area contributed by atoms with E-state index in [9.17, 15) is 9.18 Å². The molecule has 2 aromatic heterocycles. The molecule has 0 aliphatic carbocycles. The number of anilines is 1. The minimum atomic E-state index is -0.737. The van der Waals surface area contributed by atoms with Gasteiger partial charge in [0.25, 0.3) is 5.91 Å². The Labute approximate surface area is 177 Å². The fourth-order valence-electron chi connectivity index (χ4n) is 3.07. The average molecular weight is 422 g/mol. The van der Waals surface area contributed by atoms with E-state index in [1.54, 1.807) is 55.7 Å². The molecule has 4 rings (SSSR count). The smallest absolute Gasteiger partial charge is 0.266 e. The van der Waals surface area contributed by atoms with Crippen molar-refractivity contribution in [3.8, 4) is 16.9 Å². The van der Waals surface area contributed by atoms with Gasteiger partial charge in [0.15, 0.2) is 6.10 Å². The monoisotopic (exact) mass is 421 g/mol. The summed E-state index contributed by atoms with van der Waals surface area (Å²) in [4.78, 5) is 20.8. The zero-order chi connectivity index (χ0) is 21.1. The van der Waals surface area contributed by atoms with E-state index in [-0.39, 0.29) is 5.91 Å². The molecule has 150 valence electrons. The summed E-state index contributed by atoms with van der Waals surface area (Å²) in [5.74, 6) is 0.254. The maximum atomic E-state index is 13.4. The molecule has 5 nitrogen and oxygen atoms in total. The summed E-state index contributed by atoms with van der Waals surface area (Å²) in [5, 5.41) is 3.86. The lowest BCUT2D eigenvalue weighted by molar-refractivity contribution is -0.122. The molecule has 7 heteroatoms. The van der Waals surface area contributed by atoms with E-state index < -0.39 is 11.9 Å². The Balaban J connectivity index is 1.57. The summed E-state index contributed by atoms with van der Waals surface area (Å²) in [5.41, 5.74) is 2.21. The fourth-order valence-corrected chi connectivity index (χ4v) is 3.34. The van der Waals surface area contributed by atoms with Gasteiger partial charge in [-0.1, -0.05) is 17.7 Å². The summed E-state index contributed by atoms with van der Waals surface area (Å²) < 4.78 is 19.2. The minimum Gasteiger partial charge on any atom is -0.481 e. The molecular formula is C23H17ClFN3O2. The number of hydrogen-bond donors (Lipinski definition) is 1. The predicted octanol–water partition coefficient (Wildman–Crippen LogP) is 5.50. The predicted molar refractivity (Wildman–Crippen MR) is 115 cm³/mol. The third-order valence-electron chi connectivity index (χ3n) is 4.53. The van der Waals surface area contributed by atoms with E-state index in [1.807, 2.05) is 12.1 Å². The lowest BCUT2D eigenvalue weighted by Gasteiger charge is -2.15. The van der Waals surface area contributed by atoms with Crippen molar-refractivity contribution in [3.05, 3.63) is 83.9 Å². The minimum absolute atomic E-state index is 0.311. The zero-order valence-corrected chi connectivity index (χ0v) is 16.7. The Hall–Kier alpha value is -3.51. The first-order valence-electron chi connectivity index (χ1n) is 9.24. The number of ether oxygens (including phenoxy) is 1. The van der Waals surface area contributed by atoms with Crippen LogP contribution in [0.2, 0.25) is 5.02 Å². The normalized spacial score (nSPS) is 11.8. The average Bonchev–Trinajstić information content (AvgIpc) is 2.74. The highest BCUT2D eigenvalue weighted by molar-refractivity contribution is 6.33. The van der Waals surface area contributed by atoms with Crippen molar-refractivity contribution in [2.24, 2.45) is 0 Å². The number of nitrogens with zero attached hydrogens (tertiary/aromatic N) is 2. The maximum Gasteiger partial charge on any atom is 0.266 e. The number of aromatic nitrogens is 2. The van der Waals surface area contributed by atoms with Gasteiger partial charge in [-0.15, -0.1) is 0 Å². The molecule has 0 saturated carbocycles. The number of fused-ring (bicyclic) bond motifs is 1. The van der Waals surface area contributed by atoms with Crippen LogP contribution in [0, 0.1) is 5.82 Å². The van der Waals surface area contributed by atoms with Crippen LogP contribution in [0.15, 0.2) is 73.1 Å². The van der Waals surface area contributed by atoms with Crippen molar-refractivity contribution >= 4 is 34.2 Å². The quantitative estimate of drug-likeness (QED) is 0.462. The molecule has 1 N–H and O–H groups in total. The van der Waals surface area contributed by atoms with Crippen molar-refractivity contribution in [3.63, 3.8) is 0 Å². The molecule has 0 fully saturated rings. The van der Waals surface area contributed by atoms with E-state index >= 15 is 0 Å². The first kappa shape index (κ1) is 19.8. The number of rotatable bonds is 5. The topological polar surface area (TPSA) is 64.1 Å². The van der Waals surface area contributed by atoms with Crippen molar-refractivity contribution < 1.29 is 13.9 Å². The third kappa shape index (κ3) is 4.23. The lowest BCUT2D eigenvalue weighted by atomic mass is 10.0. The van der Waals surface area contributed by atoms with E-state index in [0.29, 0.717) is 27.7 Å². The summed E-state index contributed by atoms with van der Waals surface area (Å²) in [6.07, 6.45) is 2.51. The third-order valence-corrected chi connectivity index (χ3v) is 4.85. The molecule has 2 heterocycles. The van der Waals surface area contributed by atoms with Gasteiger partial charge in [0, 0.05) is 29.4 Å². The van der Waals surface area contributed by atoms with Crippen LogP contribution in [0.4, 0.5) is 10.2 Å². The fraction of sp³-hybridized carbons (Fsp3) is 0.0870. The van der Waals surface area contributed by atoms with Gasteiger partial charge in [-0.05, 0) is 61.0 Å². The van der Waals surface area contributed by atoms with Crippen molar-refractivity contribution in [1.82, 2.24) is 9.97 Å². The highest BCUT2D eigenvalue weighted by Gasteiger charge is 2.16. The summed E-state index contributed by atoms with van der Waals surface area (Å²) >= 11 is 6.23. The molecule has 0 saturated heterocycles. The number of carbonyl (C=O) groups excluding carboxylic acids is 1. The lowest BCUT2D eigenvalue weighted by Crippen LogP contribution is -2.30. The van der Waals surface area contributed by atoms with E-state index in [2.05, 4.69) is 15.3 Å². The van der Waals surface area contributed by atoms with Crippen LogP contribution >= 0.6 is 11.6 Å². The van der Waals surface area contributed by atoms with Crippen LogP contribution in [-0.2, 0) is 4.79 Å². The van der Waals surface area contributed by atoms with E-state index in [1.165, 1.54) is 12.1 Å². The number of nitrogens with one attached hydrogen (secondary N) is 1. The molecular weight excluding hydrogens is 405 g/mol. The SMILES string of the molecule is C[C@@H](Oc1ccc2c(-c3ccc(F)cc3Cl)ccnc2c1)C(=O)Nc1ccccn1. The van der Waals surface area contributed by atoms with Crippen LogP contribution in [0.25, 0.3) is 22.0 Å². The first-order chi connectivity index (χ1) is 14.5. The molecule has 4 aromatic rings. The van der Waals surface area contributed by atoms with Crippen molar-refractivity contribution in [2.75, 3.05) is 5.32 Å². The standard InChI is InChI=1S/C23H17ClFN3O2/c1-14(23(29)28-22-4-2-3-10-27-22)30-16-6-8-19-17(9-11-26-21(19)13-16)18-7-5-15(25)12-20(18)24/h2-14H,1H3,(H,27,28,29)/t14-/m1/s1. The van der Waals surface area contributed by atoms with Crippen LogP contribution in [0.5, 0.6) is 5.75 Å². The Morgan fingerprint density at radius 1 is 1.03 bits per heavy atom. The van der Waals surface area contributed by atoms with Crippen molar-refractivity contribution in [1.29, 1.82) is 0 Å². The van der Waals surface area contributed by atoms with E-state index in [0.717, 1.165) is 10.9 Å². The molecule has 0 unspecified atom stereocenters. The molecule has 2 aromatic carbocycles. The number of halogens is 2. The van der Waals surface area contributed by atoms with Crippen molar-refractivity contribution in [2.45, 2.75) is 13.0 Å². The van der Waals surface area contributed by atoms with Crippen LogP contribution in [0.3, 0.4) is 0 Å². The Bertz CT molecular complexity index is 1220. The summed E-state index contributed by atoms with van der Waals surface area (Å²) in [7, 11) is 0. The van der Waals surface area contributed by atoms with Gasteiger partial charge in [-0.3, -0.25) is 9.78 Å². The Morgan fingerprint density at radius 2 is 1.90 bits per heavy atom. The van der Waals surface area contributed by atoms with Crippen LogP contribution in [0.1, 0.15) is 6.92 Å². The molecule has 0 spiro atoms. The molecule has 0 aliphatic heterocycles. The Morgan fingerprint density at radius 3 is 2.67 bits per heavy atom. The molecule has 1 atom stereocenters. The molecule has 0 aliphatic rings. The van der Waals surface area contributed by atoms with E-state index in [4.69, 9.17) is 16.3 Å². The van der Waals surface area contributed by atoms with Gasteiger partial charge in [-0.25, -0.2) is 9.37 Å². The second kappa shape index (κ2) is 8.47. The highest BCUT2D eigenvalue weighted by atomic mass is 35.5. The van der Waals surface area contributed by atoms with Gasteiger partial charge in [0.05, 0.1) is 10.5 Å². The zero-order valence-electron chi connectivity index (χ0n) is 16.0. The largest absolute Gasteiger partial charge is 0.481 e. The van der Waals surface area contributed by atoms with Gasteiger partial charge >= 0.3 is 0 Å². The van der Waals surface area contributed by atoms with Gasteiger partial charge in [0.2, 0.25) is 0 Å². The number of hydrogen-bond acceptors (Lipinski definition) is 4. The maximum absolute atomic E-state index is 13.4. The Kier molecular flexibility index (Phi) is 5.59. The second-order valence-electron chi connectivity index (χ2n) is 6.63. The molecule has 1 amide bonds. The van der Waals surface area contributed by atoms with Gasteiger partial charge < -0.3 is 10.1 Å². The number of benzene rings is 2. The number of carbonyl (C=O) groups is 1. The highest BCUT2D eigenvalue weighted by Crippen LogP contribution is 2.34. The summed E-state index contributed by atoms with van der Waals surface area (Å²) in [6, 6.07) is 16.7. The molecule has 30 heavy (non-hydrogen) atoms. The number of amides is 1. The molecule has 0 radical (unpaired) electrons. The van der Waals surface area contributed by atoms with Crippen LogP contribution < -0.4 is 10.1 Å². The van der Waals surface area contributed by atoms with Gasteiger partial charge in [-0.2, -0.15) is 0 Å².